The second-order valence-corrected chi connectivity index (χ2v) is 5.06. The number of hydrogen-bond donors (Lipinski definition) is 1. The SMILES string of the molecule is CC(C)(C)c1ccc2occ(S)c2c1. The van der Waals surface area contributed by atoms with Crippen LogP contribution in [0.25, 0.3) is 11.0 Å². The summed E-state index contributed by atoms with van der Waals surface area (Å²) in [6, 6.07) is 6.27. The van der Waals surface area contributed by atoms with E-state index in [-0.39, 0.29) is 5.41 Å². The van der Waals surface area contributed by atoms with Crippen LogP contribution in [-0.4, -0.2) is 0 Å². The van der Waals surface area contributed by atoms with Crippen molar-refractivity contribution in [3.8, 4) is 0 Å². The van der Waals surface area contributed by atoms with E-state index >= 15 is 0 Å². The first-order valence-electron chi connectivity index (χ1n) is 4.69. The molecule has 2 aromatic rings. The molecule has 0 aliphatic heterocycles. The molecule has 0 aliphatic rings. The number of rotatable bonds is 0. The first-order valence-corrected chi connectivity index (χ1v) is 5.14. The van der Waals surface area contributed by atoms with E-state index in [1.165, 1.54) is 5.56 Å². The van der Waals surface area contributed by atoms with Gasteiger partial charge in [0.25, 0.3) is 0 Å². The molecule has 14 heavy (non-hydrogen) atoms. The van der Waals surface area contributed by atoms with Crippen LogP contribution in [0.3, 0.4) is 0 Å². The summed E-state index contributed by atoms with van der Waals surface area (Å²) in [5.74, 6) is 0. The van der Waals surface area contributed by atoms with Gasteiger partial charge < -0.3 is 4.42 Å². The zero-order valence-electron chi connectivity index (χ0n) is 8.66. The first-order chi connectivity index (χ1) is 6.48. The molecule has 74 valence electrons. The number of benzene rings is 1. The van der Waals surface area contributed by atoms with Crippen LogP contribution in [-0.2, 0) is 5.41 Å². The van der Waals surface area contributed by atoms with Crippen LogP contribution in [0.4, 0.5) is 0 Å². The standard InChI is InChI=1S/C12H14OS/c1-12(2,3)8-4-5-10-9(6-8)11(14)7-13-10/h4-7,14H,1-3H3. The summed E-state index contributed by atoms with van der Waals surface area (Å²) in [5.41, 5.74) is 2.38. The third-order valence-electron chi connectivity index (χ3n) is 2.42. The van der Waals surface area contributed by atoms with Crippen LogP contribution in [0.15, 0.2) is 33.8 Å². The highest BCUT2D eigenvalue weighted by molar-refractivity contribution is 7.80. The van der Waals surface area contributed by atoms with Crippen LogP contribution < -0.4 is 0 Å². The summed E-state index contributed by atoms with van der Waals surface area (Å²) in [4.78, 5) is 0.908. The molecule has 0 amide bonds. The number of fused-ring (bicyclic) bond motifs is 1. The lowest BCUT2D eigenvalue weighted by molar-refractivity contribution is 0.589. The minimum Gasteiger partial charge on any atom is -0.463 e. The van der Waals surface area contributed by atoms with E-state index in [1.54, 1.807) is 6.26 Å². The molecule has 2 heteroatoms. The maximum atomic E-state index is 5.34. The van der Waals surface area contributed by atoms with Crippen molar-refractivity contribution in [2.24, 2.45) is 0 Å². The Kier molecular flexibility index (Phi) is 2.11. The van der Waals surface area contributed by atoms with Crippen LogP contribution in [0.2, 0.25) is 0 Å². The molecule has 0 aliphatic carbocycles. The molecular formula is C12H14OS. The van der Waals surface area contributed by atoms with Crippen LogP contribution in [0.1, 0.15) is 26.3 Å². The molecule has 0 saturated carbocycles. The van der Waals surface area contributed by atoms with Crippen molar-refractivity contribution in [2.45, 2.75) is 31.1 Å². The Morgan fingerprint density at radius 2 is 1.93 bits per heavy atom. The van der Waals surface area contributed by atoms with Gasteiger partial charge in [-0.05, 0) is 23.1 Å². The second kappa shape index (κ2) is 3.06. The van der Waals surface area contributed by atoms with Gasteiger partial charge in [-0.1, -0.05) is 26.8 Å². The normalized spacial score (nSPS) is 12.3. The van der Waals surface area contributed by atoms with E-state index in [1.807, 2.05) is 6.07 Å². The first kappa shape index (κ1) is 9.66. The minimum absolute atomic E-state index is 0.172. The predicted molar refractivity (Wildman–Crippen MR) is 62.2 cm³/mol. The summed E-state index contributed by atoms with van der Waals surface area (Å²) in [5, 5.41) is 1.10. The van der Waals surface area contributed by atoms with Crippen molar-refractivity contribution in [3.63, 3.8) is 0 Å². The molecule has 0 unspecified atom stereocenters. The highest BCUT2D eigenvalue weighted by atomic mass is 32.1. The van der Waals surface area contributed by atoms with E-state index in [9.17, 15) is 0 Å². The fourth-order valence-electron chi connectivity index (χ4n) is 1.48. The zero-order chi connectivity index (χ0) is 10.3. The molecule has 0 atom stereocenters. The van der Waals surface area contributed by atoms with Crippen molar-refractivity contribution in [3.05, 3.63) is 30.0 Å². The van der Waals surface area contributed by atoms with Crippen molar-refractivity contribution in [1.82, 2.24) is 0 Å². The fraction of sp³-hybridized carbons (Fsp3) is 0.333. The Labute approximate surface area is 89.5 Å². The Morgan fingerprint density at radius 3 is 2.57 bits per heavy atom. The van der Waals surface area contributed by atoms with Gasteiger partial charge >= 0.3 is 0 Å². The van der Waals surface area contributed by atoms with Crippen LogP contribution >= 0.6 is 12.6 Å². The largest absolute Gasteiger partial charge is 0.463 e. The topological polar surface area (TPSA) is 13.1 Å². The lowest BCUT2D eigenvalue weighted by atomic mass is 9.86. The molecule has 0 radical (unpaired) electrons. The predicted octanol–water partition coefficient (Wildman–Crippen LogP) is 4.02. The van der Waals surface area contributed by atoms with Gasteiger partial charge in [-0.25, -0.2) is 0 Å². The van der Waals surface area contributed by atoms with Gasteiger partial charge in [0.2, 0.25) is 0 Å². The number of thiol groups is 1. The maximum absolute atomic E-state index is 5.34. The molecule has 1 aromatic carbocycles. The fourth-order valence-corrected chi connectivity index (χ4v) is 1.71. The highest BCUT2D eigenvalue weighted by Gasteiger charge is 2.15. The highest BCUT2D eigenvalue weighted by Crippen LogP contribution is 2.30. The summed E-state index contributed by atoms with van der Waals surface area (Å²) < 4.78 is 5.34. The van der Waals surface area contributed by atoms with E-state index in [2.05, 4.69) is 45.5 Å². The second-order valence-electron chi connectivity index (χ2n) is 4.58. The molecule has 2 rings (SSSR count). The van der Waals surface area contributed by atoms with E-state index < -0.39 is 0 Å². The molecule has 1 heterocycles. The van der Waals surface area contributed by atoms with E-state index in [4.69, 9.17) is 4.42 Å². The Balaban J connectivity index is 2.66. The van der Waals surface area contributed by atoms with Crippen molar-refractivity contribution in [2.75, 3.05) is 0 Å². The maximum Gasteiger partial charge on any atom is 0.135 e. The summed E-state index contributed by atoms with van der Waals surface area (Å²) >= 11 is 4.35. The number of hydrogen-bond acceptors (Lipinski definition) is 2. The van der Waals surface area contributed by atoms with E-state index in [0.29, 0.717) is 0 Å². The van der Waals surface area contributed by atoms with Crippen molar-refractivity contribution < 1.29 is 4.42 Å². The van der Waals surface area contributed by atoms with Gasteiger partial charge in [-0.15, -0.1) is 12.6 Å². The van der Waals surface area contributed by atoms with Gasteiger partial charge in [0, 0.05) is 5.39 Å². The summed E-state index contributed by atoms with van der Waals surface area (Å²) in [6.07, 6.45) is 1.68. The van der Waals surface area contributed by atoms with Gasteiger partial charge in [-0.2, -0.15) is 0 Å². The molecular weight excluding hydrogens is 192 g/mol. The van der Waals surface area contributed by atoms with Gasteiger partial charge in [0.15, 0.2) is 0 Å². The zero-order valence-corrected chi connectivity index (χ0v) is 9.56. The lowest BCUT2D eigenvalue weighted by Crippen LogP contribution is -2.10. The average Bonchev–Trinajstić information content (AvgIpc) is 2.46. The van der Waals surface area contributed by atoms with Gasteiger partial charge in [0.05, 0.1) is 4.90 Å². The minimum atomic E-state index is 0.172. The van der Waals surface area contributed by atoms with Gasteiger partial charge in [0.1, 0.15) is 11.8 Å². The summed E-state index contributed by atoms with van der Waals surface area (Å²) in [7, 11) is 0. The number of furan rings is 1. The third kappa shape index (κ3) is 1.55. The van der Waals surface area contributed by atoms with Crippen LogP contribution in [0.5, 0.6) is 0 Å². The molecule has 0 spiro atoms. The lowest BCUT2D eigenvalue weighted by Gasteiger charge is -2.18. The Bertz CT molecular complexity index is 463. The molecule has 0 N–H and O–H groups in total. The smallest absolute Gasteiger partial charge is 0.135 e. The van der Waals surface area contributed by atoms with Crippen molar-refractivity contribution in [1.29, 1.82) is 0 Å². The molecule has 1 aromatic heterocycles. The van der Waals surface area contributed by atoms with E-state index in [0.717, 1.165) is 15.9 Å². The van der Waals surface area contributed by atoms with Crippen LogP contribution in [0, 0.1) is 0 Å². The molecule has 1 nitrogen and oxygen atoms in total. The molecule has 0 bridgehead atoms. The Hall–Kier alpha value is -0.890. The van der Waals surface area contributed by atoms with Crippen molar-refractivity contribution >= 4 is 23.6 Å². The Morgan fingerprint density at radius 1 is 1.21 bits per heavy atom. The average molecular weight is 206 g/mol. The monoisotopic (exact) mass is 206 g/mol. The molecule has 0 saturated heterocycles. The summed E-state index contributed by atoms with van der Waals surface area (Å²) in [6.45, 7) is 6.60. The van der Waals surface area contributed by atoms with Gasteiger partial charge in [-0.3, -0.25) is 0 Å². The quantitative estimate of drug-likeness (QED) is 0.642. The third-order valence-corrected chi connectivity index (χ3v) is 2.77. The molecule has 0 fully saturated rings.